The fourth-order valence-electron chi connectivity index (χ4n) is 2.86. The Kier molecular flexibility index (Phi) is 7.16. The van der Waals surface area contributed by atoms with Gasteiger partial charge in [0.2, 0.25) is 5.91 Å². The summed E-state index contributed by atoms with van der Waals surface area (Å²) in [6.45, 7) is 2.26. The summed E-state index contributed by atoms with van der Waals surface area (Å²) in [6.07, 6.45) is 1.46. The molecule has 0 fully saturated rings. The number of furan rings is 1. The minimum atomic E-state index is -0.410. The van der Waals surface area contributed by atoms with Crippen LogP contribution in [0.5, 0.6) is 0 Å². The first-order valence-electron chi connectivity index (χ1n) is 9.67. The summed E-state index contributed by atoms with van der Waals surface area (Å²) in [5, 5.41) is 8.11. The van der Waals surface area contributed by atoms with Gasteiger partial charge in [-0.2, -0.15) is 0 Å². The minimum absolute atomic E-state index is 0.0579. The molecule has 7 nitrogen and oxygen atoms in total. The molecule has 160 valence electrons. The Bertz CT molecular complexity index is 1080. The molecule has 31 heavy (non-hydrogen) atoms. The van der Waals surface area contributed by atoms with Gasteiger partial charge in [-0.15, -0.1) is 0 Å². The fourth-order valence-corrected chi connectivity index (χ4v) is 2.86. The first-order chi connectivity index (χ1) is 14.9. The molecule has 3 N–H and O–H groups in total. The lowest BCUT2D eigenvalue weighted by molar-refractivity contribution is -0.120. The van der Waals surface area contributed by atoms with Gasteiger partial charge < -0.3 is 20.4 Å². The van der Waals surface area contributed by atoms with E-state index in [9.17, 15) is 18.8 Å². The first-order valence-corrected chi connectivity index (χ1v) is 9.67. The van der Waals surface area contributed by atoms with Gasteiger partial charge in [0, 0.05) is 24.3 Å². The molecule has 1 heterocycles. The number of nitrogens with one attached hydrogen (secondary N) is 3. The number of carbonyl (C=O) groups excluding carboxylic acids is 3. The molecule has 3 amide bonds. The van der Waals surface area contributed by atoms with E-state index in [0.717, 1.165) is 5.56 Å². The van der Waals surface area contributed by atoms with Crippen molar-refractivity contribution in [3.8, 4) is 0 Å². The Morgan fingerprint density at radius 2 is 1.74 bits per heavy atom. The van der Waals surface area contributed by atoms with Crippen LogP contribution >= 0.6 is 0 Å². The van der Waals surface area contributed by atoms with Crippen molar-refractivity contribution in [2.75, 3.05) is 18.4 Å². The molecule has 0 bridgehead atoms. The molecule has 0 radical (unpaired) electrons. The van der Waals surface area contributed by atoms with Crippen LogP contribution in [0, 0.1) is 12.7 Å². The Hall–Kier alpha value is -3.94. The second-order valence-corrected chi connectivity index (χ2v) is 6.87. The lowest BCUT2D eigenvalue weighted by atomic mass is 10.1. The molecular formula is C23H22FN3O4. The third-order valence-corrected chi connectivity index (χ3v) is 4.48. The molecule has 0 aliphatic heterocycles. The summed E-state index contributed by atoms with van der Waals surface area (Å²) < 4.78 is 18.2. The van der Waals surface area contributed by atoms with Crippen molar-refractivity contribution in [2.24, 2.45) is 0 Å². The van der Waals surface area contributed by atoms with E-state index in [1.807, 2.05) is 6.92 Å². The Morgan fingerprint density at radius 1 is 0.935 bits per heavy atom. The average molecular weight is 423 g/mol. The third-order valence-electron chi connectivity index (χ3n) is 4.48. The van der Waals surface area contributed by atoms with E-state index in [0.29, 0.717) is 16.8 Å². The molecule has 1 aromatic heterocycles. The number of benzene rings is 2. The molecule has 0 saturated carbocycles. The number of hydrogen-bond acceptors (Lipinski definition) is 4. The molecule has 3 aromatic rings. The van der Waals surface area contributed by atoms with Crippen LogP contribution in [0.25, 0.3) is 0 Å². The van der Waals surface area contributed by atoms with E-state index < -0.39 is 11.7 Å². The van der Waals surface area contributed by atoms with Gasteiger partial charge in [0.15, 0.2) is 5.76 Å². The van der Waals surface area contributed by atoms with Gasteiger partial charge in [-0.3, -0.25) is 14.4 Å². The molecular weight excluding hydrogens is 401 g/mol. The van der Waals surface area contributed by atoms with E-state index >= 15 is 0 Å². The summed E-state index contributed by atoms with van der Waals surface area (Å²) >= 11 is 0. The summed E-state index contributed by atoms with van der Waals surface area (Å²) in [6, 6.07) is 14.0. The second kappa shape index (κ2) is 10.2. The van der Waals surface area contributed by atoms with Crippen molar-refractivity contribution in [1.82, 2.24) is 10.6 Å². The molecule has 0 aliphatic rings. The maximum atomic E-state index is 13.2. The molecule has 8 heteroatoms. The zero-order chi connectivity index (χ0) is 22.2. The van der Waals surface area contributed by atoms with Crippen molar-refractivity contribution in [1.29, 1.82) is 0 Å². The predicted molar refractivity (Wildman–Crippen MR) is 113 cm³/mol. The first kappa shape index (κ1) is 21.8. The van der Waals surface area contributed by atoms with E-state index in [2.05, 4.69) is 16.0 Å². The van der Waals surface area contributed by atoms with Gasteiger partial charge >= 0.3 is 0 Å². The number of aryl methyl sites for hydroxylation is 1. The second-order valence-electron chi connectivity index (χ2n) is 6.87. The zero-order valence-corrected chi connectivity index (χ0v) is 16.9. The van der Waals surface area contributed by atoms with Gasteiger partial charge in [0.05, 0.1) is 12.7 Å². The maximum absolute atomic E-state index is 13.2. The number of amides is 3. The van der Waals surface area contributed by atoms with Gasteiger partial charge in [0.25, 0.3) is 11.8 Å². The van der Waals surface area contributed by atoms with Crippen LogP contribution in [0.3, 0.4) is 0 Å². The summed E-state index contributed by atoms with van der Waals surface area (Å²) in [5.74, 6) is -1.24. The molecule has 0 aliphatic carbocycles. The highest BCUT2D eigenvalue weighted by atomic mass is 19.1. The van der Waals surface area contributed by atoms with Crippen LogP contribution in [0.2, 0.25) is 0 Å². The molecule has 3 rings (SSSR count). The maximum Gasteiger partial charge on any atom is 0.291 e. The number of anilines is 1. The molecule has 2 aromatic carbocycles. The highest BCUT2D eigenvalue weighted by Gasteiger charge is 2.13. The SMILES string of the molecule is Cc1ccc(C(=O)NCCNC(=O)Cc2cccc(F)c2)cc1NC(=O)c1ccco1. The normalized spacial score (nSPS) is 10.4. The van der Waals surface area contributed by atoms with Crippen molar-refractivity contribution in [3.63, 3.8) is 0 Å². The molecule has 0 saturated heterocycles. The largest absolute Gasteiger partial charge is 0.459 e. The van der Waals surface area contributed by atoms with Crippen LogP contribution < -0.4 is 16.0 Å². The fraction of sp³-hybridized carbons (Fsp3) is 0.174. The zero-order valence-electron chi connectivity index (χ0n) is 16.9. The predicted octanol–water partition coefficient (Wildman–Crippen LogP) is 3.07. The van der Waals surface area contributed by atoms with Crippen LogP contribution in [-0.2, 0) is 11.2 Å². The Balaban J connectivity index is 1.48. The standard InChI is InChI=1S/C23H22FN3O4/c1-15-7-8-17(14-19(15)27-23(30)20-6-3-11-31-20)22(29)26-10-9-25-21(28)13-16-4-2-5-18(24)12-16/h2-8,11-12,14H,9-10,13H2,1H3,(H,25,28)(H,26,29)(H,27,30). The lowest BCUT2D eigenvalue weighted by Gasteiger charge is -2.11. The van der Waals surface area contributed by atoms with Crippen LogP contribution in [0.1, 0.15) is 32.0 Å². The third kappa shape index (κ3) is 6.27. The van der Waals surface area contributed by atoms with E-state index in [1.165, 1.54) is 18.4 Å². The van der Waals surface area contributed by atoms with Crippen molar-refractivity contribution in [3.05, 3.63) is 89.1 Å². The average Bonchev–Trinajstić information content (AvgIpc) is 3.28. The van der Waals surface area contributed by atoms with E-state index in [-0.39, 0.29) is 37.1 Å². The van der Waals surface area contributed by atoms with Crippen molar-refractivity contribution in [2.45, 2.75) is 13.3 Å². The van der Waals surface area contributed by atoms with Crippen LogP contribution in [-0.4, -0.2) is 30.8 Å². The Labute approximate surface area is 178 Å². The Morgan fingerprint density at radius 3 is 2.48 bits per heavy atom. The molecule has 0 atom stereocenters. The number of rotatable bonds is 8. The molecule has 0 spiro atoms. The number of hydrogen-bond donors (Lipinski definition) is 3. The van der Waals surface area contributed by atoms with Crippen LogP contribution in [0.15, 0.2) is 65.3 Å². The quantitative estimate of drug-likeness (QED) is 0.485. The van der Waals surface area contributed by atoms with E-state index in [4.69, 9.17) is 4.42 Å². The van der Waals surface area contributed by atoms with Gasteiger partial charge in [-0.1, -0.05) is 18.2 Å². The smallest absolute Gasteiger partial charge is 0.291 e. The number of halogens is 1. The van der Waals surface area contributed by atoms with Crippen molar-refractivity contribution >= 4 is 23.4 Å². The van der Waals surface area contributed by atoms with E-state index in [1.54, 1.807) is 42.5 Å². The van der Waals surface area contributed by atoms with Crippen LogP contribution in [0.4, 0.5) is 10.1 Å². The minimum Gasteiger partial charge on any atom is -0.459 e. The highest BCUT2D eigenvalue weighted by molar-refractivity contribution is 6.03. The number of carbonyl (C=O) groups is 3. The van der Waals surface area contributed by atoms with Gasteiger partial charge in [-0.25, -0.2) is 4.39 Å². The van der Waals surface area contributed by atoms with Gasteiger partial charge in [-0.05, 0) is 54.4 Å². The summed E-state index contributed by atoms with van der Waals surface area (Å²) in [4.78, 5) is 36.5. The lowest BCUT2D eigenvalue weighted by Crippen LogP contribution is -2.35. The molecule has 0 unspecified atom stereocenters. The van der Waals surface area contributed by atoms with Crippen molar-refractivity contribution < 1.29 is 23.2 Å². The highest BCUT2D eigenvalue weighted by Crippen LogP contribution is 2.18. The summed E-state index contributed by atoms with van der Waals surface area (Å²) in [7, 11) is 0. The summed E-state index contributed by atoms with van der Waals surface area (Å²) in [5.41, 5.74) is 2.23. The topological polar surface area (TPSA) is 100 Å². The monoisotopic (exact) mass is 423 g/mol. The van der Waals surface area contributed by atoms with Gasteiger partial charge in [0.1, 0.15) is 5.82 Å².